The lowest BCUT2D eigenvalue weighted by Gasteiger charge is -2.37. The van der Waals surface area contributed by atoms with Crippen molar-refractivity contribution in [2.45, 2.75) is 55.7 Å². The van der Waals surface area contributed by atoms with E-state index in [4.69, 9.17) is 4.74 Å². The highest BCUT2D eigenvalue weighted by atomic mass is 32.2. The summed E-state index contributed by atoms with van der Waals surface area (Å²) >= 11 is 1.56. The molecule has 2 saturated heterocycles. The quantitative estimate of drug-likeness (QED) is 0.511. The molecule has 4 heterocycles. The van der Waals surface area contributed by atoms with E-state index in [9.17, 15) is 19.5 Å². The summed E-state index contributed by atoms with van der Waals surface area (Å²) in [5, 5.41) is 9.63. The fraction of sp³-hybridized carbons (Fsp3) is 0.552. The molecule has 0 aliphatic carbocycles. The molecule has 1 N–H and O–H groups in total. The van der Waals surface area contributed by atoms with Gasteiger partial charge in [-0.05, 0) is 44.5 Å². The molecule has 9 heteroatoms. The largest absolute Gasteiger partial charge is 0.494 e. The van der Waals surface area contributed by atoms with Crippen LogP contribution >= 0.6 is 11.8 Å². The van der Waals surface area contributed by atoms with Crippen molar-refractivity contribution < 1.29 is 24.2 Å². The first-order valence-corrected chi connectivity index (χ1v) is 14.5. The molecule has 3 amide bonds. The summed E-state index contributed by atoms with van der Waals surface area (Å²) in [7, 11) is 0. The number of thioether (sulfide) groups is 1. The number of nitrogens with zero attached hydrogens (tertiary/aromatic N) is 3. The summed E-state index contributed by atoms with van der Waals surface area (Å²) in [5.74, 6) is -0.985. The number of aliphatic hydroxyl groups is 1. The fourth-order valence-corrected chi connectivity index (χ4v) is 8.60. The second-order valence-corrected chi connectivity index (χ2v) is 11.9. The minimum absolute atomic E-state index is 0.0333. The summed E-state index contributed by atoms with van der Waals surface area (Å²) in [6.45, 7) is 7.35. The summed E-state index contributed by atoms with van der Waals surface area (Å²) in [6.07, 6.45) is 9.88. The number of fused-ring (bicyclic) bond motifs is 2. The molecule has 0 aromatic heterocycles. The lowest BCUT2D eigenvalue weighted by Crippen LogP contribution is -2.55. The topological polar surface area (TPSA) is 90.4 Å². The molecule has 204 valence electrons. The minimum Gasteiger partial charge on any atom is -0.494 e. The van der Waals surface area contributed by atoms with Gasteiger partial charge >= 0.3 is 0 Å². The number of benzene rings is 1. The van der Waals surface area contributed by atoms with Crippen molar-refractivity contribution >= 4 is 35.2 Å². The predicted octanol–water partition coefficient (Wildman–Crippen LogP) is 2.86. The zero-order valence-corrected chi connectivity index (χ0v) is 23.1. The van der Waals surface area contributed by atoms with Crippen molar-refractivity contribution in [2.24, 2.45) is 11.8 Å². The molecule has 4 aliphatic rings. The van der Waals surface area contributed by atoms with Gasteiger partial charge in [-0.1, -0.05) is 37.6 Å². The molecule has 5 rings (SSSR count). The molecule has 1 aromatic rings. The van der Waals surface area contributed by atoms with Gasteiger partial charge in [0.2, 0.25) is 17.7 Å². The monoisotopic (exact) mass is 539 g/mol. The first-order valence-electron chi connectivity index (χ1n) is 13.7. The van der Waals surface area contributed by atoms with Gasteiger partial charge in [0.05, 0.1) is 29.8 Å². The molecular weight excluding hydrogens is 502 g/mol. The molecular formula is C29H37N3O5S. The van der Waals surface area contributed by atoms with E-state index in [1.807, 2.05) is 67.3 Å². The Bertz CT molecular complexity index is 1140. The third-order valence-corrected chi connectivity index (χ3v) is 9.97. The predicted molar refractivity (Wildman–Crippen MR) is 148 cm³/mol. The zero-order chi connectivity index (χ0) is 27.0. The molecule has 38 heavy (non-hydrogen) atoms. The molecule has 1 aromatic carbocycles. The zero-order valence-electron chi connectivity index (χ0n) is 22.3. The second kappa shape index (κ2) is 10.8. The Hall–Kier alpha value is -2.78. The van der Waals surface area contributed by atoms with Crippen LogP contribution in [0.2, 0.25) is 0 Å². The third-order valence-electron chi connectivity index (χ3n) is 8.23. The highest BCUT2D eigenvalue weighted by Gasteiger charge is 2.71. The van der Waals surface area contributed by atoms with Crippen LogP contribution in [0, 0.1) is 11.8 Å². The molecule has 0 saturated carbocycles. The lowest BCUT2D eigenvalue weighted by molar-refractivity contribution is -0.144. The van der Waals surface area contributed by atoms with Gasteiger partial charge in [-0.3, -0.25) is 14.4 Å². The van der Waals surface area contributed by atoms with E-state index in [-0.39, 0.29) is 42.2 Å². The van der Waals surface area contributed by atoms with E-state index in [0.29, 0.717) is 19.7 Å². The van der Waals surface area contributed by atoms with Crippen LogP contribution in [0.3, 0.4) is 0 Å². The Morgan fingerprint density at radius 1 is 1.08 bits per heavy atom. The molecule has 2 fully saturated rings. The van der Waals surface area contributed by atoms with E-state index < -0.39 is 22.6 Å². The Morgan fingerprint density at radius 2 is 1.84 bits per heavy atom. The smallest absolute Gasteiger partial charge is 0.247 e. The number of amides is 3. The second-order valence-electron chi connectivity index (χ2n) is 10.4. The van der Waals surface area contributed by atoms with Crippen molar-refractivity contribution in [3.05, 3.63) is 48.6 Å². The van der Waals surface area contributed by atoms with Gasteiger partial charge in [-0.2, -0.15) is 0 Å². The number of hydrogen-bond acceptors (Lipinski definition) is 6. The standard InChI is InChI=1S/C29H37N3O5S/c1-4-8-19(3)30-16-7-14-29-24(27(35)32(17-18-33)25(29)28(30)36)23-22(38-29)9-6-15-31(26(23)34)20-10-12-21(13-11-20)37-5-2/h6-7,9-14,19,22-25,33H,4-5,8,15-18H2,1-3H3/t19?,22-,23+,24-,25?,29-/m0/s1. The van der Waals surface area contributed by atoms with Crippen LogP contribution in [-0.4, -0.2) is 87.6 Å². The fourth-order valence-electron chi connectivity index (χ4n) is 6.59. The average Bonchev–Trinajstić information content (AvgIpc) is 3.20. The number of hydrogen-bond donors (Lipinski definition) is 1. The Labute approximate surface area is 228 Å². The first-order chi connectivity index (χ1) is 18.4. The van der Waals surface area contributed by atoms with E-state index in [2.05, 4.69) is 6.92 Å². The van der Waals surface area contributed by atoms with E-state index >= 15 is 0 Å². The molecule has 0 bridgehead atoms. The average molecular weight is 540 g/mol. The van der Waals surface area contributed by atoms with Crippen molar-refractivity contribution in [1.29, 1.82) is 0 Å². The van der Waals surface area contributed by atoms with Crippen LogP contribution in [0.1, 0.15) is 33.6 Å². The molecule has 8 nitrogen and oxygen atoms in total. The number of aliphatic hydroxyl groups excluding tert-OH is 1. The number of rotatable bonds is 8. The SMILES string of the molecule is CCCC(C)N1CC=C[C@]23S[C@H]4C=CCN(c5ccc(OCC)cc5)C(=O)[C@H]4[C@H]2C(=O)N(CCO)C3C1=O. The Morgan fingerprint density at radius 3 is 2.53 bits per heavy atom. The van der Waals surface area contributed by atoms with E-state index in [1.165, 1.54) is 0 Å². The van der Waals surface area contributed by atoms with Crippen molar-refractivity contribution in [2.75, 3.05) is 37.7 Å². The summed E-state index contributed by atoms with van der Waals surface area (Å²) in [4.78, 5) is 47.5. The van der Waals surface area contributed by atoms with Gasteiger partial charge in [-0.25, -0.2) is 0 Å². The van der Waals surface area contributed by atoms with Crippen LogP contribution in [0.4, 0.5) is 5.69 Å². The highest BCUT2D eigenvalue weighted by Crippen LogP contribution is 2.61. The number of carbonyl (C=O) groups excluding carboxylic acids is 3. The molecule has 6 atom stereocenters. The molecule has 2 unspecified atom stereocenters. The number of likely N-dealkylation sites (tertiary alicyclic amines) is 1. The van der Waals surface area contributed by atoms with Crippen LogP contribution in [-0.2, 0) is 14.4 Å². The van der Waals surface area contributed by atoms with Crippen molar-refractivity contribution in [1.82, 2.24) is 9.80 Å². The highest BCUT2D eigenvalue weighted by molar-refractivity contribution is 8.02. The summed E-state index contributed by atoms with van der Waals surface area (Å²) in [6, 6.07) is 6.72. The van der Waals surface area contributed by atoms with Gasteiger partial charge in [-0.15, -0.1) is 11.8 Å². The van der Waals surface area contributed by atoms with Gasteiger partial charge in [0, 0.05) is 36.6 Å². The van der Waals surface area contributed by atoms with Gasteiger partial charge < -0.3 is 24.5 Å². The summed E-state index contributed by atoms with van der Waals surface area (Å²) < 4.78 is 4.70. The minimum atomic E-state index is -0.860. The van der Waals surface area contributed by atoms with E-state index in [0.717, 1.165) is 24.3 Å². The van der Waals surface area contributed by atoms with Gasteiger partial charge in [0.25, 0.3) is 0 Å². The normalized spacial score (nSPS) is 31.2. The number of ether oxygens (including phenoxy) is 1. The molecule has 0 radical (unpaired) electrons. The molecule has 1 spiro atoms. The lowest BCUT2D eigenvalue weighted by atomic mass is 9.78. The summed E-state index contributed by atoms with van der Waals surface area (Å²) in [5.41, 5.74) is 0.746. The maximum absolute atomic E-state index is 14.2. The van der Waals surface area contributed by atoms with Crippen molar-refractivity contribution in [3.63, 3.8) is 0 Å². The maximum atomic E-state index is 14.2. The first kappa shape index (κ1) is 26.8. The van der Waals surface area contributed by atoms with Crippen LogP contribution in [0.25, 0.3) is 0 Å². The van der Waals surface area contributed by atoms with E-state index in [1.54, 1.807) is 21.6 Å². The van der Waals surface area contributed by atoms with Crippen LogP contribution < -0.4 is 9.64 Å². The maximum Gasteiger partial charge on any atom is 0.247 e. The van der Waals surface area contributed by atoms with Crippen LogP contribution in [0.5, 0.6) is 5.75 Å². The van der Waals surface area contributed by atoms with Crippen LogP contribution in [0.15, 0.2) is 48.6 Å². The van der Waals surface area contributed by atoms with Gasteiger partial charge in [0.1, 0.15) is 11.8 Å². The Balaban J connectivity index is 1.53. The number of anilines is 1. The number of β-amino-alcohol motifs (C(OH)–C–C–N with tert-alkyl or cyclic N) is 1. The Kier molecular flexibility index (Phi) is 7.60. The third kappa shape index (κ3) is 4.24. The number of carbonyl (C=O) groups is 3. The molecule has 4 aliphatic heterocycles. The van der Waals surface area contributed by atoms with Crippen molar-refractivity contribution in [3.8, 4) is 5.75 Å². The van der Waals surface area contributed by atoms with Gasteiger partial charge in [0.15, 0.2) is 0 Å².